The zero-order chi connectivity index (χ0) is 28.3. The summed E-state index contributed by atoms with van der Waals surface area (Å²) in [5.41, 5.74) is 1.95. The van der Waals surface area contributed by atoms with E-state index in [2.05, 4.69) is 34.1 Å². The van der Waals surface area contributed by atoms with Crippen LogP contribution in [0.1, 0.15) is 47.3 Å². The Labute approximate surface area is 245 Å². The Bertz CT molecular complexity index is 1460. The van der Waals surface area contributed by atoms with Gasteiger partial charge in [0.15, 0.2) is 0 Å². The van der Waals surface area contributed by atoms with Crippen molar-refractivity contribution in [3.63, 3.8) is 0 Å². The lowest BCUT2D eigenvalue weighted by molar-refractivity contribution is 0.0694. The highest BCUT2D eigenvalue weighted by Crippen LogP contribution is 2.32. The lowest BCUT2D eigenvalue weighted by Crippen LogP contribution is -2.39. The molecule has 0 spiro atoms. The summed E-state index contributed by atoms with van der Waals surface area (Å²) in [5, 5.41) is 10.2. The maximum absolute atomic E-state index is 13.2. The minimum atomic E-state index is -3.79. The highest BCUT2D eigenvalue weighted by atomic mass is 35.5. The van der Waals surface area contributed by atoms with Gasteiger partial charge in [-0.15, -0.1) is 0 Å². The summed E-state index contributed by atoms with van der Waals surface area (Å²) in [4.78, 5) is 23.2. The minimum Gasteiger partial charge on any atom is -0.478 e. The molecule has 11 heteroatoms. The maximum atomic E-state index is 13.2. The van der Waals surface area contributed by atoms with Crippen molar-refractivity contribution in [3.8, 4) is 0 Å². The van der Waals surface area contributed by atoms with Gasteiger partial charge in [-0.3, -0.25) is 0 Å². The molecule has 2 saturated heterocycles. The quantitative estimate of drug-likeness (QED) is 0.358. The SMILES string of the molecule is O=C(O)c1cnc(N2CCC(Cc3ccccc3)CC2)nc1CC1CCN(S(=O)(=O)c2cc(Cl)ccc2Cl)CC1. The second-order valence-corrected chi connectivity index (χ2v) is 13.3. The lowest BCUT2D eigenvalue weighted by atomic mass is 9.90. The van der Waals surface area contributed by atoms with Crippen molar-refractivity contribution in [1.29, 1.82) is 0 Å². The Morgan fingerprint density at radius 1 is 0.925 bits per heavy atom. The van der Waals surface area contributed by atoms with Gasteiger partial charge in [0.05, 0.1) is 16.3 Å². The summed E-state index contributed by atoms with van der Waals surface area (Å²) in [7, 11) is -3.79. The first kappa shape index (κ1) is 28.8. The smallest absolute Gasteiger partial charge is 0.339 e. The van der Waals surface area contributed by atoms with Crippen LogP contribution in [0.3, 0.4) is 0 Å². The number of piperidine rings is 2. The maximum Gasteiger partial charge on any atom is 0.339 e. The number of benzene rings is 2. The summed E-state index contributed by atoms with van der Waals surface area (Å²) >= 11 is 12.2. The number of carbonyl (C=O) groups is 1. The van der Waals surface area contributed by atoms with Gasteiger partial charge in [0.25, 0.3) is 0 Å². The van der Waals surface area contributed by atoms with Gasteiger partial charge in [-0.05, 0) is 74.1 Å². The highest BCUT2D eigenvalue weighted by Gasteiger charge is 2.32. The third kappa shape index (κ3) is 6.60. The summed E-state index contributed by atoms with van der Waals surface area (Å²) < 4.78 is 27.8. The number of hydrogen-bond donors (Lipinski definition) is 1. The Hall–Kier alpha value is -2.72. The average Bonchev–Trinajstić information content (AvgIpc) is 2.95. The van der Waals surface area contributed by atoms with Gasteiger partial charge in [-0.25, -0.2) is 23.2 Å². The molecule has 3 heterocycles. The summed E-state index contributed by atoms with van der Waals surface area (Å²) in [6.07, 6.45) is 6.14. The Balaban J connectivity index is 1.23. The third-order valence-corrected chi connectivity index (χ3v) is 10.5. The fraction of sp³-hybridized carbons (Fsp3) is 0.414. The molecular weight excluding hydrogens is 571 g/mol. The predicted octanol–water partition coefficient (Wildman–Crippen LogP) is 5.58. The average molecular weight is 604 g/mol. The molecule has 1 N–H and O–H groups in total. The number of hydrogen-bond acceptors (Lipinski definition) is 6. The van der Waals surface area contributed by atoms with Crippen LogP contribution >= 0.6 is 23.2 Å². The number of rotatable bonds is 8. The lowest BCUT2D eigenvalue weighted by Gasteiger charge is -2.33. The van der Waals surface area contributed by atoms with Crippen molar-refractivity contribution in [1.82, 2.24) is 14.3 Å². The number of halogens is 2. The minimum absolute atomic E-state index is 0.00117. The van der Waals surface area contributed by atoms with E-state index in [1.165, 1.54) is 28.2 Å². The fourth-order valence-corrected chi connectivity index (χ4v) is 7.83. The van der Waals surface area contributed by atoms with Gasteiger partial charge >= 0.3 is 5.97 Å². The summed E-state index contributed by atoms with van der Waals surface area (Å²) in [6, 6.07) is 14.9. The molecule has 0 atom stereocenters. The molecule has 0 radical (unpaired) electrons. The Morgan fingerprint density at radius 3 is 2.25 bits per heavy atom. The molecule has 3 aromatic rings. The normalized spacial score (nSPS) is 17.7. The molecule has 5 rings (SSSR count). The molecule has 212 valence electrons. The Kier molecular flexibility index (Phi) is 8.95. The van der Waals surface area contributed by atoms with E-state index in [1.54, 1.807) is 6.07 Å². The topological polar surface area (TPSA) is 104 Å². The zero-order valence-corrected chi connectivity index (χ0v) is 24.4. The number of aromatic carboxylic acids is 1. The Morgan fingerprint density at radius 2 is 1.57 bits per heavy atom. The molecule has 2 aliphatic heterocycles. The second-order valence-electron chi connectivity index (χ2n) is 10.6. The van der Waals surface area contributed by atoms with Crippen molar-refractivity contribution >= 4 is 45.1 Å². The molecule has 0 amide bonds. The van der Waals surface area contributed by atoms with Gasteiger partial charge in [-0.1, -0.05) is 53.5 Å². The van der Waals surface area contributed by atoms with Crippen molar-refractivity contribution in [2.45, 2.75) is 43.4 Å². The largest absolute Gasteiger partial charge is 0.478 e. The van der Waals surface area contributed by atoms with Crippen LogP contribution in [0.15, 0.2) is 59.6 Å². The molecule has 2 aliphatic rings. The van der Waals surface area contributed by atoms with Gasteiger partial charge in [0.2, 0.25) is 16.0 Å². The third-order valence-electron chi connectivity index (χ3n) is 7.92. The van der Waals surface area contributed by atoms with Crippen molar-refractivity contribution in [2.24, 2.45) is 11.8 Å². The van der Waals surface area contributed by atoms with E-state index in [1.807, 2.05) is 6.07 Å². The van der Waals surface area contributed by atoms with E-state index >= 15 is 0 Å². The van der Waals surface area contributed by atoms with Crippen molar-refractivity contribution in [3.05, 3.63) is 81.6 Å². The molecule has 0 bridgehead atoms. The number of carboxylic acid groups (broad SMARTS) is 1. The molecule has 0 aliphatic carbocycles. The molecule has 2 aromatic carbocycles. The van der Waals surface area contributed by atoms with Crippen LogP contribution in [0, 0.1) is 11.8 Å². The molecule has 0 saturated carbocycles. The van der Waals surface area contributed by atoms with E-state index in [9.17, 15) is 18.3 Å². The van der Waals surface area contributed by atoms with Crippen LogP contribution in [-0.4, -0.2) is 59.9 Å². The summed E-state index contributed by atoms with van der Waals surface area (Å²) in [5.74, 6) is 0.200. The second kappa shape index (κ2) is 12.4. The first-order chi connectivity index (χ1) is 19.2. The number of anilines is 1. The monoisotopic (exact) mass is 602 g/mol. The number of aromatic nitrogens is 2. The molecular formula is C29H32Cl2N4O4S. The van der Waals surface area contributed by atoms with Gasteiger partial charge < -0.3 is 10.0 Å². The molecule has 2 fully saturated rings. The van der Waals surface area contributed by atoms with Gasteiger partial charge in [0.1, 0.15) is 4.90 Å². The first-order valence-corrected chi connectivity index (χ1v) is 15.7. The predicted molar refractivity (Wildman–Crippen MR) is 156 cm³/mol. The number of carboxylic acids is 1. The van der Waals surface area contributed by atoms with E-state index in [0.29, 0.717) is 54.9 Å². The van der Waals surface area contributed by atoms with E-state index in [0.717, 1.165) is 32.4 Å². The van der Waals surface area contributed by atoms with E-state index < -0.39 is 16.0 Å². The van der Waals surface area contributed by atoms with Crippen LogP contribution in [0.5, 0.6) is 0 Å². The van der Waals surface area contributed by atoms with E-state index in [-0.39, 0.29) is 21.4 Å². The van der Waals surface area contributed by atoms with Crippen molar-refractivity contribution in [2.75, 3.05) is 31.1 Å². The van der Waals surface area contributed by atoms with E-state index in [4.69, 9.17) is 28.2 Å². The molecule has 0 unspecified atom stereocenters. The van der Waals surface area contributed by atoms with Crippen LogP contribution in [0.2, 0.25) is 10.0 Å². The first-order valence-electron chi connectivity index (χ1n) is 13.5. The van der Waals surface area contributed by atoms with Crippen LogP contribution in [0.4, 0.5) is 5.95 Å². The van der Waals surface area contributed by atoms with Crippen LogP contribution < -0.4 is 4.90 Å². The highest BCUT2D eigenvalue weighted by molar-refractivity contribution is 7.89. The number of sulfonamides is 1. The van der Waals surface area contributed by atoms with Gasteiger partial charge in [-0.2, -0.15) is 4.31 Å². The fourth-order valence-electron chi connectivity index (χ4n) is 5.62. The summed E-state index contributed by atoms with van der Waals surface area (Å²) in [6.45, 7) is 2.27. The molecule has 8 nitrogen and oxygen atoms in total. The van der Waals surface area contributed by atoms with Crippen LogP contribution in [-0.2, 0) is 22.9 Å². The van der Waals surface area contributed by atoms with Gasteiger partial charge in [0, 0.05) is 37.4 Å². The molecule has 1 aromatic heterocycles. The number of nitrogens with zero attached hydrogens (tertiary/aromatic N) is 4. The van der Waals surface area contributed by atoms with Crippen molar-refractivity contribution < 1.29 is 18.3 Å². The zero-order valence-electron chi connectivity index (χ0n) is 22.0. The standard InChI is InChI=1S/C29H32Cl2N4O4S/c30-23-6-7-25(31)27(18-23)40(38,39)35-14-10-22(11-15-35)17-26-24(28(36)37)19-32-29(33-26)34-12-8-21(9-13-34)16-20-4-2-1-3-5-20/h1-7,18-19,21-22H,8-17H2,(H,36,37). The van der Waals surface area contributed by atoms with Crippen LogP contribution in [0.25, 0.3) is 0 Å². The molecule has 40 heavy (non-hydrogen) atoms.